The summed E-state index contributed by atoms with van der Waals surface area (Å²) in [5.41, 5.74) is 5.49. The van der Waals surface area contributed by atoms with Gasteiger partial charge in [-0.2, -0.15) is 5.26 Å². The first-order valence-electron chi connectivity index (χ1n) is 6.56. The van der Waals surface area contributed by atoms with Gasteiger partial charge >= 0.3 is 0 Å². The van der Waals surface area contributed by atoms with Gasteiger partial charge in [0.05, 0.1) is 17.4 Å². The Labute approximate surface area is 142 Å². The van der Waals surface area contributed by atoms with Gasteiger partial charge in [0, 0.05) is 15.5 Å². The van der Waals surface area contributed by atoms with Crippen LogP contribution in [-0.4, -0.2) is 17.6 Å². The normalized spacial score (nSPS) is 9.74. The number of amides is 2. The first kappa shape index (κ1) is 16.9. The van der Waals surface area contributed by atoms with Crippen LogP contribution in [0.5, 0.6) is 0 Å². The average Bonchev–Trinajstić information content (AvgIpc) is 2.59. The molecule has 0 aliphatic rings. The fourth-order valence-corrected chi connectivity index (χ4v) is 2.44. The van der Waals surface area contributed by atoms with E-state index in [4.69, 9.17) is 16.9 Å². The van der Waals surface area contributed by atoms with E-state index in [0.29, 0.717) is 16.1 Å². The minimum atomic E-state index is -0.445. The average molecular weight is 346 g/mol. The van der Waals surface area contributed by atoms with Crippen molar-refractivity contribution in [1.82, 2.24) is 10.9 Å². The molecule has 0 radical (unpaired) electrons. The Morgan fingerprint density at radius 2 is 1.70 bits per heavy atom. The molecule has 0 aliphatic carbocycles. The monoisotopic (exact) mass is 345 g/mol. The van der Waals surface area contributed by atoms with E-state index in [1.165, 1.54) is 36.0 Å². The molecule has 116 valence electrons. The fourth-order valence-electron chi connectivity index (χ4n) is 1.61. The van der Waals surface area contributed by atoms with Crippen LogP contribution < -0.4 is 10.9 Å². The highest BCUT2D eigenvalue weighted by atomic mass is 35.5. The van der Waals surface area contributed by atoms with Gasteiger partial charge in [-0.15, -0.1) is 11.8 Å². The third-order valence-corrected chi connectivity index (χ3v) is 4.04. The van der Waals surface area contributed by atoms with Gasteiger partial charge in [-0.1, -0.05) is 11.6 Å². The van der Waals surface area contributed by atoms with Gasteiger partial charge in [-0.05, 0) is 48.5 Å². The Morgan fingerprint density at radius 3 is 2.30 bits per heavy atom. The lowest BCUT2D eigenvalue weighted by molar-refractivity contribution is -0.119. The highest BCUT2D eigenvalue weighted by molar-refractivity contribution is 8.00. The second-order valence-corrected chi connectivity index (χ2v) is 5.92. The second kappa shape index (κ2) is 8.22. The van der Waals surface area contributed by atoms with E-state index in [0.717, 1.165) is 4.90 Å². The molecule has 0 saturated heterocycles. The maximum absolute atomic E-state index is 11.8. The van der Waals surface area contributed by atoms with E-state index < -0.39 is 5.91 Å². The number of nitriles is 1. The maximum atomic E-state index is 11.8. The summed E-state index contributed by atoms with van der Waals surface area (Å²) in [5.74, 6) is -0.610. The molecule has 2 amide bonds. The van der Waals surface area contributed by atoms with Crippen molar-refractivity contribution in [2.75, 3.05) is 5.75 Å². The highest BCUT2D eigenvalue weighted by Crippen LogP contribution is 2.19. The molecule has 0 atom stereocenters. The Hall–Kier alpha value is -2.49. The van der Waals surface area contributed by atoms with E-state index in [1.54, 1.807) is 12.1 Å². The second-order valence-electron chi connectivity index (χ2n) is 4.43. The molecular weight excluding hydrogens is 334 g/mol. The minimum Gasteiger partial charge on any atom is -0.272 e. The zero-order valence-electron chi connectivity index (χ0n) is 11.9. The molecule has 2 N–H and O–H groups in total. The van der Waals surface area contributed by atoms with Crippen molar-refractivity contribution in [3.05, 3.63) is 64.7 Å². The van der Waals surface area contributed by atoms with Gasteiger partial charge in [-0.3, -0.25) is 20.4 Å². The number of nitrogens with zero attached hydrogens (tertiary/aromatic N) is 1. The van der Waals surface area contributed by atoms with E-state index in [9.17, 15) is 9.59 Å². The standard InChI is InChI=1S/C16H12ClN3O2S/c17-13-5-7-14(8-6-13)23-10-15(21)19-20-16(22)12-3-1-11(9-18)2-4-12/h1-8H,10H2,(H,19,21)(H,20,22). The molecule has 0 fully saturated rings. The predicted octanol–water partition coefficient (Wildman–Crippen LogP) is 2.76. The molecule has 0 saturated carbocycles. The summed E-state index contributed by atoms with van der Waals surface area (Å²) in [6.07, 6.45) is 0. The van der Waals surface area contributed by atoms with Crippen molar-refractivity contribution in [2.24, 2.45) is 0 Å². The topological polar surface area (TPSA) is 82.0 Å². The van der Waals surface area contributed by atoms with Crippen LogP contribution in [0.3, 0.4) is 0 Å². The lowest BCUT2D eigenvalue weighted by atomic mass is 10.1. The molecule has 0 aliphatic heterocycles. The predicted molar refractivity (Wildman–Crippen MR) is 88.9 cm³/mol. The number of benzene rings is 2. The quantitative estimate of drug-likeness (QED) is 0.659. The lowest BCUT2D eigenvalue weighted by Gasteiger charge is -2.07. The molecule has 0 unspecified atom stereocenters. The summed E-state index contributed by atoms with van der Waals surface area (Å²) in [6.45, 7) is 0. The number of nitrogens with one attached hydrogen (secondary N) is 2. The number of hydrogen-bond donors (Lipinski definition) is 2. The van der Waals surface area contributed by atoms with Crippen LogP contribution in [0.1, 0.15) is 15.9 Å². The molecule has 0 bridgehead atoms. The zero-order valence-corrected chi connectivity index (χ0v) is 13.4. The first-order valence-corrected chi connectivity index (χ1v) is 7.92. The number of halogens is 1. The molecule has 2 aromatic rings. The number of carbonyl (C=O) groups is 2. The molecule has 2 aromatic carbocycles. The van der Waals surface area contributed by atoms with E-state index >= 15 is 0 Å². The van der Waals surface area contributed by atoms with Crippen LogP contribution in [-0.2, 0) is 4.79 Å². The van der Waals surface area contributed by atoms with Crippen LogP contribution in [0.2, 0.25) is 5.02 Å². The summed E-state index contributed by atoms with van der Waals surface area (Å²) >= 11 is 7.11. The van der Waals surface area contributed by atoms with Crippen molar-refractivity contribution >= 4 is 35.2 Å². The molecule has 0 spiro atoms. The zero-order chi connectivity index (χ0) is 16.7. The summed E-state index contributed by atoms with van der Waals surface area (Å²) < 4.78 is 0. The molecule has 23 heavy (non-hydrogen) atoms. The smallest absolute Gasteiger partial charge is 0.269 e. The number of carbonyl (C=O) groups excluding carboxylic acids is 2. The SMILES string of the molecule is N#Cc1ccc(C(=O)NNC(=O)CSc2ccc(Cl)cc2)cc1. The lowest BCUT2D eigenvalue weighted by Crippen LogP contribution is -2.42. The van der Waals surface area contributed by atoms with E-state index in [2.05, 4.69) is 10.9 Å². The van der Waals surface area contributed by atoms with Crippen LogP contribution in [0.25, 0.3) is 0 Å². The summed E-state index contributed by atoms with van der Waals surface area (Å²) in [7, 11) is 0. The Kier molecular flexibility index (Phi) is 6.03. The van der Waals surface area contributed by atoms with Gasteiger partial charge < -0.3 is 0 Å². The molecule has 2 rings (SSSR count). The molecule has 5 nitrogen and oxygen atoms in total. The van der Waals surface area contributed by atoms with Gasteiger partial charge in [0.2, 0.25) is 5.91 Å². The molecule has 7 heteroatoms. The van der Waals surface area contributed by atoms with Crippen molar-refractivity contribution in [2.45, 2.75) is 4.90 Å². The third-order valence-electron chi connectivity index (χ3n) is 2.78. The van der Waals surface area contributed by atoms with E-state index in [-0.39, 0.29) is 11.7 Å². The van der Waals surface area contributed by atoms with Gasteiger partial charge in [0.25, 0.3) is 5.91 Å². The number of thioether (sulfide) groups is 1. The highest BCUT2D eigenvalue weighted by Gasteiger charge is 2.08. The van der Waals surface area contributed by atoms with Gasteiger partial charge in [0.1, 0.15) is 0 Å². The summed E-state index contributed by atoms with van der Waals surface area (Å²) in [5, 5.41) is 9.33. The molecular formula is C16H12ClN3O2S. The van der Waals surface area contributed by atoms with Crippen molar-refractivity contribution in [3.63, 3.8) is 0 Å². The fraction of sp³-hybridized carbons (Fsp3) is 0.0625. The largest absolute Gasteiger partial charge is 0.272 e. The number of rotatable bonds is 4. The first-order chi connectivity index (χ1) is 11.1. The Bertz CT molecular complexity index is 739. The maximum Gasteiger partial charge on any atom is 0.269 e. The van der Waals surface area contributed by atoms with Crippen LogP contribution >= 0.6 is 23.4 Å². The van der Waals surface area contributed by atoms with E-state index in [1.807, 2.05) is 18.2 Å². The number of hydrogen-bond acceptors (Lipinski definition) is 4. The third kappa shape index (κ3) is 5.33. The van der Waals surface area contributed by atoms with Gasteiger partial charge in [-0.25, -0.2) is 0 Å². The van der Waals surface area contributed by atoms with Crippen LogP contribution in [0, 0.1) is 11.3 Å². The van der Waals surface area contributed by atoms with Crippen LogP contribution in [0.15, 0.2) is 53.4 Å². The summed E-state index contributed by atoms with van der Waals surface area (Å²) in [4.78, 5) is 24.4. The molecule has 0 aromatic heterocycles. The minimum absolute atomic E-state index is 0.162. The summed E-state index contributed by atoms with van der Waals surface area (Å²) in [6, 6.07) is 15.2. The van der Waals surface area contributed by atoms with Crippen molar-refractivity contribution < 1.29 is 9.59 Å². The molecule has 0 heterocycles. The van der Waals surface area contributed by atoms with Crippen LogP contribution in [0.4, 0.5) is 0 Å². The van der Waals surface area contributed by atoms with Gasteiger partial charge in [0.15, 0.2) is 0 Å². The Morgan fingerprint density at radius 1 is 1.04 bits per heavy atom. The van der Waals surface area contributed by atoms with Crippen molar-refractivity contribution in [3.8, 4) is 6.07 Å². The Balaban J connectivity index is 1.78. The number of hydrazine groups is 1. The van der Waals surface area contributed by atoms with Crippen molar-refractivity contribution in [1.29, 1.82) is 5.26 Å².